The van der Waals surface area contributed by atoms with Crippen LogP contribution in [0.5, 0.6) is 0 Å². The van der Waals surface area contributed by atoms with E-state index in [2.05, 4.69) is 26.2 Å². The number of hydrogen-bond donors (Lipinski definition) is 3. The molecule has 0 aliphatic rings. The van der Waals surface area contributed by atoms with Gasteiger partial charge in [-0.05, 0) is 13.0 Å². The number of carboxylic acid groups (broad SMARTS) is 1. The van der Waals surface area contributed by atoms with E-state index in [-0.39, 0.29) is 31.3 Å². The Balaban J connectivity index is 2.83. The Kier molecular flexibility index (Phi) is 15.8. The molecule has 0 heterocycles. The zero-order valence-electron chi connectivity index (χ0n) is 23.9. The molecule has 0 fully saturated rings. The van der Waals surface area contributed by atoms with Crippen LogP contribution in [-0.2, 0) is 25.7 Å². The van der Waals surface area contributed by atoms with E-state index in [0.717, 1.165) is 24.0 Å². The van der Waals surface area contributed by atoms with Gasteiger partial charge in [0.2, 0.25) is 0 Å². The number of rotatable bonds is 18. The number of alkyl halides is 1. The molecular formula is C27H47ClN4O5Sn. The predicted molar refractivity (Wildman–Crippen MR) is 155 cm³/mol. The first-order valence-corrected chi connectivity index (χ1v) is 23.8. The Morgan fingerprint density at radius 3 is 2.29 bits per heavy atom. The Hall–Kier alpha value is -1.40. The van der Waals surface area contributed by atoms with Gasteiger partial charge >= 0.3 is 195 Å². The van der Waals surface area contributed by atoms with E-state index in [4.69, 9.17) is 22.1 Å². The number of ether oxygens (including phenoxy) is 1. The Labute approximate surface area is 237 Å². The van der Waals surface area contributed by atoms with E-state index < -0.39 is 35.9 Å². The summed E-state index contributed by atoms with van der Waals surface area (Å²) in [6.07, 6.45) is 1.97. The van der Waals surface area contributed by atoms with Crippen molar-refractivity contribution < 1.29 is 24.2 Å². The molecule has 0 aliphatic heterocycles. The van der Waals surface area contributed by atoms with Gasteiger partial charge in [-0.15, -0.1) is 0 Å². The van der Waals surface area contributed by atoms with Crippen LogP contribution >= 0.6 is 11.6 Å². The molecule has 2 atom stereocenters. The van der Waals surface area contributed by atoms with Crippen LogP contribution in [0.3, 0.4) is 0 Å². The van der Waals surface area contributed by atoms with Crippen molar-refractivity contribution in [2.75, 3.05) is 39.8 Å². The van der Waals surface area contributed by atoms with Crippen molar-refractivity contribution in [3.63, 3.8) is 0 Å². The summed E-state index contributed by atoms with van der Waals surface area (Å²) >= 11 is 3.57. The molecule has 0 bridgehead atoms. The minimum atomic E-state index is -2.52. The zero-order valence-corrected chi connectivity index (χ0v) is 27.5. The van der Waals surface area contributed by atoms with Crippen molar-refractivity contribution in [2.45, 2.75) is 72.4 Å². The van der Waals surface area contributed by atoms with Crippen molar-refractivity contribution in [2.24, 2.45) is 5.73 Å². The van der Waals surface area contributed by atoms with Gasteiger partial charge in [0, 0.05) is 0 Å². The van der Waals surface area contributed by atoms with Crippen LogP contribution in [0.4, 0.5) is 0 Å². The van der Waals surface area contributed by atoms with E-state index in [1.54, 1.807) is 0 Å². The molecule has 0 saturated carbocycles. The first kappa shape index (κ1) is 34.6. The van der Waals surface area contributed by atoms with Crippen molar-refractivity contribution in [3.05, 3.63) is 29.3 Å². The summed E-state index contributed by atoms with van der Waals surface area (Å²) in [5.74, 6) is -1.44. The Morgan fingerprint density at radius 1 is 1.11 bits per heavy atom. The van der Waals surface area contributed by atoms with E-state index in [9.17, 15) is 19.5 Å². The number of benzene rings is 1. The van der Waals surface area contributed by atoms with Crippen LogP contribution in [0, 0.1) is 0 Å². The Morgan fingerprint density at radius 2 is 1.76 bits per heavy atom. The van der Waals surface area contributed by atoms with Crippen LogP contribution in [0.25, 0.3) is 0 Å². The van der Waals surface area contributed by atoms with Crippen LogP contribution in [0.1, 0.15) is 56.2 Å². The number of nitrogens with two attached hydrogens (primary N) is 1. The van der Waals surface area contributed by atoms with Crippen LogP contribution in [0.2, 0.25) is 14.8 Å². The Bertz CT molecular complexity index is 910. The molecule has 2 unspecified atom stereocenters. The van der Waals surface area contributed by atoms with E-state index >= 15 is 0 Å². The van der Waals surface area contributed by atoms with Gasteiger partial charge in [-0.2, -0.15) is 0 Å². The first-order chi connectivity index (χ1) is 17.8. The second-order valence-corrected chi connectivity index (χ2v) is 25.5. The number of aliphatic carboxylic acids is 1. The molecule has 1 aromatic rings. The van der Waals surface area contributed by atoms with Crippen molar-refractivity contribution >= 4 is 51.4 Å². The monoisotopic (exact) mass is 662 g/mol. The van der Waals surface area contributed by atoms with Gasteiger partial charge < -0.3 is 4.74 Å². The number of carbonyl (C=O) groups excluding carboxylic acids is 2. The average molecular weight is 662 g/mol. The molecule has 11 heteroatoms. The van der Waals surface area contributed by atoms with Gasteiger partial charge in [0.05, 0.1) is 13.7 Å². The number of nitrogens with zero attached hydrogens (tertiary/aromatic N) is 2. The number of carbonyl (C=O) groups is 3. The number of carboxylic acids is 1. The molecule has 4 N–H and O–H groups in total. The molecule has 9 nitrogen and oxygen atoms in total. The molecule has 0 aromatic heterocycles. The van der Waals surface area contributed by atoms with Gasteiger partial charge in [0.15, 0.2) is 0 Å². The van der Waals surface area contributed by atoms with Crippen molar-refractivity contribution in [1.29, 1.82) is 0 Å². The van der Waals surface area contributed by atoms with Crippen LogP contribution in [-0.4, -0.2) is 97.0 Å². The third-order valence-corrected chi connectivity index (χ3v) is 12.6. The largest absolute Gasteiger partial charge is 0.468 e. The number of methoxy groups -OCH3 is 1. The minimum absolute atomic E-state index is 0.108. The smallest absolute Gasteiger partial charge is 0.319 e. The van der Waals surface area contributed by atoms with Gasteiger partial charge in [0.1, 0.15) is 0 Å². The summed E-state index contributed by atoms with van der Waals surface area (Å²) < 4.78 is 6.05. The molecule has 1 rings (SSSR count). The van der Waals surface area contributed by atoms with Gasteiger partial charge in [-0.1, -0.05) is 6.92 Å². The number of esters is 1. The summed E-state index contributed by atoms with van der Waals surface area (Å²) in [4.78, 5) is 47.4. The fourth-order valence-electron chi connectivity index (χ4n) is 4.44. The molecule has 0 spiro atoms. The number of halogens is 1. The van der Waals surface area contributed by atoms with Crippen LogP contribution in [0.15, 0.2) is 18.2 Å². The average Bonchev–Trinajstić information content (AvgIpc) is 2.84. The molecule has 0 radical (unpaired) electrons. The first-order valence-electron chi connectivity index (χ1n) is 13.4. The molecule has 216 valence electrons. The predicted octanol–water partition coefficient (Wildman–Crippen LogP) is 2.87. The van der Waals surface area contributed by atoms with Gasteiger partial charge in [-0.25, -0.2) is 0 Å². The third kappa shape index (κ3) is 12.2. The van der Waals surface area contributed by atoms with E-state index in [1.165, 1.54) is 10.7 Å². The summed E-state index contributed by atoms with van der Waals surface area (Å²) in [6.45, 7) is 6.92. The van der Waals surface area contributed by atoms with Crippen molar-refractivity contribution in [3.8, 4) is 0 Å². The molecule has 0 aliphatic carbocycles. The summed E-state index contributed by atoms with van der Waals surface area (Å²) in [5.41, 5.74) is 7.22. The minimum Gasteiger partial charge on any atom is -0.468 e. The fraction of sp³-hybridized carbons (Fsp3) is 0.667. The maximum Gasteiger partial charge on any atom is 0.319 e. The number of amides is 1. The van der Waals surface area contributed by atoms with E-state index in [1.807, 2.05) is 35.8 Å². The molecular weight excluding hydrogens is 614 g/mol. The topological polar surface area (TPSA) is 125 Å². The quantitative estimate of drug-likeness (QED) is 0.0950. The maximum atomic E-state index is 12.8. The summed E-state index contributed by atoms with van der Waals surface area (Å²) in [5, 5.41) is 12.9. The fourth-order valence-corrected chi connectivity index (χ4v) is 9.53. The molecule has 0 saturated heterocycles. The summed E-state index contributed by atoms with van der Waals surface area (Å²) in [7, 11) is 1.36. The third-order valence-electron chi connectivity index (χ3n) is 6.44. The standard InChI is InChI=1S/C24H38ClN4O5.3CH3.Sn/c1-4-12-28(17-22(31)34-3)14-15-29(13-5-2)20(24(32)33)10-11-21(30)27-16-18-6-8-19(9-7-18)23(25)26;;;;/h6,8-9,20,23H,4-5,10-17,26H2,1-3H3,(H,27,30)(H,32,33);3*1H3;. The number of nitrogens with one attached hydrogen (secondary N) is 1. The maximum absolute atomic E-state index is 12.8. The second kappa shape index (κ2) is 17.3. The van der Waals surface area contributed by atoms with Gasteiger partial charge in [0.25, 0.3) is 0 Å². The zero-order chi connectivity index (χ0) is 28.9. The molecule has 1 aromatic carbocycles. The normalized spacial score (nSPS) is 13.4. The van der Waals surface area contributed by atoms with E-state index in [0.29, 0.717) is 32.7 Å². The summed E-state index contributed by atoms with van der Waals surface area (Å²) in [6, 6.07) is 5.16. The van der Waals surface area contributed by atoms with Crippen LogP contribution < -0.4 is 14.6 Å². The SMILES string of the molecule is CCCN(CCN(CCC)C(CCC(=O)NCc1ccc(C(N)Cl)c[c]1[Sn]([CH3])([CH3])[CH3])C(=O)O)CC(=O)OC. The second-order valence-electron chi connectivity index (χ2n) is 10.6. The molecule has 1 amide bonds. The van der Waals surface area contributed by atoms with Crippen molar-refractivity contribution in [1.82, 2.24) is 15.1 Å². The van der Waals surface area contributed by atoms with Gasteiger partial charge in [-0.3, -0.25) is 4.79 Å². The number of hydrogen-bond acceptors (Lipinski definition) is 7. The molecule has 38 heavy (non-hydrogen) atoms.